The summed E-state index contributed by atoms with van der Waals surface area (Å²) in [4.78, 5) is 0. The van der Waals surface area contributed by atoms with Crippen LogP contribution in [0, 0.1) is 0 Å². The molecule has 0 aromatic carbocycles. The summed E-state index contributed by atoms with van der Waals surface area (Å²) in [5.74, 6) is 0. The van der Waals surface area contributed by atoms with E-state index < -0.39 is 6.04 Å². The first kappa shape index (κ1) is 8.63. The average Bonchev–Trinajstić information content (AvgIpc) is 2.30. The van der Waals surface area contributed by atoms with Gasteiger partial charge in [0, 0.05) is 7.05 Å². The fourth-order valence-corrected chi connectivity index (χ4v) is 1.44. The van der Waals surface area contributed by atoms with Crippen LogP contribution >= 0.6 is 15.9 Å². The molecule has 1 aromatic heterocycles. The van der Waals surface area contributed by atoms with E-state index in [0.29, 0.717) is 10.3 Å². The van der Waals surface area contributed by atoms with Crippen molar-refractivity contribution in [2.24, 2.45) is 12.8 Å². The molecule has 0 fully saturated rings. The Kier molecular flexibility index (Phi) is 2.58. The highest BCUT2D eigenvalue weighted by atomic mass is 79.9. The Morgan fingerprint density at radius 1 is 1.82 bits per heavy atom. The summed E-state index contributed by atoms with van der Waals surface area (Å²) in [6, 6.07) is -0.427. The van der Waals surface area contributed by atoms with E-state index in [9.17, 15) is 0 Å². The molecule has 0 spiro atoms. The molecular weight excluding hydrogens is 212 g/mol. The van der Waals surface area contributed by atoms with Crippen LogP contribution in [0.25, 0.3) is 0 Å². The van der Waals surface area contributed by atoms with Gasteiger partial charge in [0.1, 0.15) is 0 Å². The molecule has 5 nitrogen and oxygen atoms in total. The minimum absolute atomic E-state index is 0.111. The molecule has 0 aliphatic rings. The zero-order chi connectivity index (χ0) is 8.43. The zero-order valence-corrected chi connectivity index (χ0v) is 7.61. The van der Waals surface area contributed by atoms with Crippen molar-refractivity contribution in [3.8, 4) is 0 Å². The Labute approximate surface area is 72.3 Å². The van der Waals surface area contributed by atoms with Gasteiger partial charge < -0.3 is 10.8 Å². The van der Waals surface area contributed by atoms with Gasteiger partial charge >= 0.3 is 0 Å². The second-order valence-corrected chi connectivity index (χ2v) is 2.93. The van der Waals surface area contributed by atoms with E-state index in [1.54, 1.807) is 7.05 Å². The minimum atomic E-state index is -0.427. The smallest absolute Gasteiger partial charge is 0.153 e. The van der Waals surface area contributed by atoms with E-state index in [0.717, 1.165) is 0 Å². The van der Waals surface area contributed by atoms with Crippen LogP contribution in [0.2, 0.25) is 0 Å². The monoisotopic (exact) mass is 220 g/mol. The van der Waals surface area contributed by atoms with Crippen LogP contribution in [0.5, 0.6) is 0 Å². The van der Waals surface area contributed by atoms with Crippen molar-refractivity contribution in [1.82, 2.24) is 15.0 Å². The average molecular weight is 221 g/mol. The summed E-state index contributed by atoms with van der Waals surface area (Å²) in [7, 11) is 1.72. The standard InChI is InChI=1S/C5H9BrN4O/c1-10-4(3(7)2-11)5(6)8-9-10/h3,11H,2,7H2,1H3. The molecule has 0 aliphatic carbocycles. The van der Waals surface area contributed by atoms with Crippen LogP contribution in [-0.4, -0.2) is 26.7 Å². The molecule has 6 heteroatoms. The van der Waals surface area contributed by atoms with Gasteiger partial charge in [-0.1, -0.05) is 5.21 Å². The number of aliphatic hydroxyl groups excluding tert-OH is 1. The van der Waals surface area contributed by atoms with Crippen molar-refractivity contribution in [2.75, 3.05) is 6.61 Å². The molecule has 1 heterocycles. The third kappa shape index (κ3) is 1.58. The lowest BCUT2D eigenvalue weighted by molar-refractivity contribution is 0.262. The molecule has 1 rings (SSSR count). The first-order chi connectivity index (χ1) is 5.16. The maximum Gasteiger partial charge on any atom is 0.153 e. The maximum atomic E-state index is 8.74. The van der Waals surface area contributed by atoms with Crippen LogP contribution in [-0.2, 0) is 7.05 Å². The number of halogens is 1. The second-order valence-electron chi connectivity index (χ2n) is 2.18. The normalized spacial score (nSPS) is 13.5. The molecule has 0 amide bonds. The number of aryl methyl sites for hydroxylation is 1. The van der Waals surface area contributed by atoms with Crippen LogP contribution < -0.4 is 5.73 Å². The van der Waals surface area contributed by atoms with Crippen molar-refractivity contribution in [3.05, 3.63) is 10.3 Å². The number of hydrogen-bond acceptors (Lipinski definition) is 4. The molecule has 1 atom stereocenters. The number of nitrogens with zero attached hydrogens (tertiary/aromatic N) is 3. The number of aliphatic hydroxyl groups is 1. The van der Waals surface area contributed by atoms with E-state index in [-0.39, 0.29) is 6.61 Å². The Hall–Kier alpha value is -0.460. The van der Waals surface area contributed by atoms with Crippen molar-refractivity contribution in [2.45, 2.75) is 6.04 Å². The van der Waals surface area contributed by atoms with Crippen molar-refractivity contribution < 1.29 is 5.11 Å². The van der Waals surface area contributed by atoms with E-state index in [1.165, 1.54) is 4.68 Å². The summed E-state index contributed by atoms with van der Waals surface area (Å²) in [6.45, 7) is -0.111. The molecule has 0 saturated carbocycles. The van der Waals surface area contributed by atoms with Gasteiger partial charge in [0.25, 0.3) is 0 Å². The Bertz CT molecular complexity index is 229. The topological polar surface area (TPSA) is 77.0 Å². The number of nitrogens with two attached hydrogens (primary N) is 1. The molecule has 0 bridgehead atoms. The summed E-state index contributed by atoms with van der Waals surface area (Å²) in [5, 5.41) is 16.2. The van der Waals surface area contributed by atoms with Gasteiger partial charge in [0.05, 0.1) is 18.3 Å². The predicted molar refractivity (Wildman–Crippen MR) is 42.7 cm³/mol. The fraction of sp³-hybridized carbons (Fsp3) is 0.600. The van der Waals surface area contributed by atoms with Gasteiger partial charge in [0.2, 0.25) is 0 Å². The van der Waals surface area contributed by atoms with Gasteiger partial charge in [-0.05, 0) is 15.9 Å². The molecule has 1 unspecified atom stereocenters. The van der Waals surface area contributed by atoms with Crippen LogP contribution in [0.3, 0.4) is 0 Å². The summed E-state index contributed by atoms with van der Waals surface area (Å²) in [6.07, 6.45) is 0. The molecule has 11 heavy (non-hydrogen) atoms. The van der Waals surface area contributed by atoms with Crippen LogP contribution in [0.15, 0.2) is 4.60 Å². The third-order valence-corrected chi connectivity index (χ3v) is 1.94. The zero-order valence-electron chi connectivity index (χ0n) is 6.03. The van der Waals surface area contributed by atoms with Crippen molar-refractivity contribution in [3.63, 3.8) is 0 Å². The quantitative estimate of drug-likeness (QED) is 0.710. The molecular formula is C5H9BrN4O. The fourth-order valence-electron chi connectivity index (χ4n) is 0.819. The van der Waals surface area contributed by atoms with E-state index in [2.05, 4.69) is 26.2 Å². The SMILES string of the molecule is Cn1nnc(Br)c1C(N)CO. The van der Waals surface area contributed by atoms with Gasteiger partial charge in [0.15, 0.2) is 4.60 Å². The van der Waals surface area contributed by atoms with Gasteiger partial charge in [-0.25, -0.2) is 4.68 Å². The predicted octanol–water partition coefficient (Wildman–Crippen LogP) is -0.430. The van der Waals surface area contributed by atoms with Crippen molar-refractivity contribution in [1.29, 1.82) is 0 Å². The Morgan fingerprint density at radius 2 is 2.45 bits per heavy atom. The highest BCUT2D eigenvalue weighted by Gasteiger charge is 2.14. The number of hydrogen-bond donors (Lipinski definition) is 2. The minimum Gasteiger partial charge on any atom is -0.394 e. The highest BCUT2D eigenvalue weighted by molar-refractivity contribution is 9.10. The Balaban J connectivity index is 3.00. The largest absolute Gasteiger partial charge is 0.394 e. The first-order valence-corrected chi connectivity index (χ1v) is 3.87. The molecule has 0 radical (unpaired) electrons. The van der Waals surface area contributed by atoms with Crippen molar-refractivity contribution >= 4 is 15.9 Å². The van der Waals surface area contributed by atoms with Crippen LogP contribution in [0.1, 0.15) is 11.7 Å². The van der Waals surface area contributed by atoms with E-state index in [4.69, 9.17) is 10.8 Å². The lowest BCUT2D eigenvalue weighted by Gasteiger charge is -2.06. The lowest BCUT2D eigenvalue weighted by Crippen LogP contribution is -2.18. The summed E-state index contributed by atoms with van der Waals surface area (Å²) < 4.78 is 2.12. The number of aromatic nitrogens is 3. The Morgan fingerprint density at radius 3 is 2.82 bits per heavy atom. The lowest BCUT2D eigenvalue weighted by atomic mass is 10.2. The molecule has 1 aromatic rings. The van der Waals surface area contributed by atoms with E-state index in [1.807, 2.05) is 0 Å². The summed E-state index contributed by atoms with van der Waals surface area (Å²) in [5.41, 5.74) is 6.26. The molecule has 0 aliphatic heterocycles. The number of rotatable bonds is 2. The molecule has 62 valence electrons. The van der Waals surface area contributed by atoms with Gasteiger partial charge in [-0.2, -0.15) is 0 Å². The second kappa shape index (κ2) is 3.29. The first-order valence-electron chi connectivity index (χ1n) is 3.08. The third-order valence-electron chi connectivity index (χ3n) is 1.37. The van der Waals surface area contributed by atoms with Crippen LogP contribution in [0.4, 0.5) is 0 Å². The van der Waals surface area contributed by atoms with E-state index >= 15 is 0 Å². The maximum absolute atomic E-state index is 8.74. The highest BCUT2D eigenvalue weighted by Crippen LogP contribution is 2.17. The molecule has 0 saturated heterocycles. The van der Waals surface area contributed by atoms with Gasteiger partial charge in [-0.15, -0.1) is 5.10 Å². The summed E-state index contributed by atoms with van der Waals surface area (Å²) >= 11 is 3.17. The van der Waals surface area contributed by atoms with Gasteiger partial charge in [-0.3, -0.25) is 0 Å². The molecule has 3 N–H and O–H groups in total.